The molecule has 0 radical (unpaired) electrons. The number of hydrogen-bond acceptors (Lipinski definition) is 5. The summed E-state index contributed by atoms with van der Waals surface area (Å²) in [6.07, 6.45) is 0. The number of aryl methyl sites for hydroxylation is 1. The number of ether oxygens (including phenoxy) is 1. The molecule has 0 aliphatic heterocycles. The highest BCUT2D eigenvalue weighted by molar-refractivity contribution is 7.13. The summed E-state index contributed by atoms with van der Waals surface area (Å²) >= 11 is 1.15. The van der Waals surface area contributed by atoms with Gasteiger partial charge in [-0.25, -0.2) is 4.39 Å². The molecule has 4 nitrogen and oxygen atoms in total. The van der Waals surface area contributed by atoms with Gasteiger partial charge in [-0.15, -0.1) is 5.10 Å². The molecule has 0 fully saturated rings. The number of hydrogen-bond donors (Lipinski definition) is 1. The molecule has 0 aliphatic carbocycles. The van der Waals surface area contributed by atoms with Crippen molar-refractivity contribution in [2.45, 2.75) is 13.5 Å². The van der Waals surface area contributed by atoms with Crippen molar-refractivity contribution in [3.8, 4) is 10.9 Å². The zero-order valence-corrected chi connectivity index (χ0v) is 9.29. The Morgan fingerprint density at radius 1 is 1.44 bits per heavy atom. The average Bonchev–Trinajstić information content (AvgIpc) is 2.71. The van der Waals surface area contributed by atoms with Gasteiger partial charge in [-0.2, -0.15) is 0 Å². The monoisotopic (exact) mass is 240 g/mol. The number of aromatic nitrogens is 2. The van der Waals surface area contributed by atoms with E-state index in [4.69, 9.17) is 9.84 Å². The van der Waals surface area contributed by atoms with Gasteiger partial charge in [0.2, 0.25) is 0 Å². The van der Waals surface area contributed by atoms with Crippen LogP contribution in [-0.2, 0) is 6.61 Å². The van der Waals surface area contributed by atoms with E-state index in [1.54, 1.807) is 13.0 Å². The van der Waals surface area contributed by atoms with E-state index in [2.05, 4.69) is 10.2 Å². The van der Waals surface area contributed by atoms with Crippen LogP contribution in [0, 0.1) is 12.7 Å². The molecule has 2 aromatic rings. The molecular formula is C10H9FN2O2S. The number of aliphatic hydroxyl groups excluding tert-OH is 1. The highest BCUT2D eigenvalue weighted by Crippen LogP contribution is 2.26. The second kappa shape index (κ2) is 4.54. The van der Waals surface area contributed by atoms with Crippen LogP contribution in [0.5, 0.6) is 10.9 Å². The van der Waals surface area contributed by atoms with Crippen LogP contribution in [0.2, 0.25) is 0 Å². The summed E-state index contributed by atoms with van der Waals surface area (Å²) in [5.41, 5.74) is 0.504. The quantitative estimate of drug-likeness (QED) is 0.894. The predicted octanol–water partition coefficient (Wildman–Crippen LogP) is 2.27. The summed E-state index contributed by atoms with van der Waals surface area (Å²) in [5.74, 6) is 0.222. The molecule has 0 saturated carbocycles. The normalized spacial score (nSPS) is 10.4. The fourth-order valence-electron chi connectivity index (χ4n) is 1.12. The molecule has 2 rings (SSSR count). The maximum Gasteiger partial charge on any atom is 0.299 e. The van der Waals surface area contributed by atoms with E-state index in [0.29, 0.717) is 21.5 Å². The molecule has 0 unspecified atom stereocenters. The van der Waals surface area contributed by atoms with Gasteiger partial charge < -0.3 is 9.84 Å². The van der Waals surface area contributed by atoms with Gasteiger partial charge in [-0.3, -0.25) is 0 Å². The SMILES string of the molecule is Cc1cc(Oc2nnc(CO)s2)ccc1F. The lowest BCUT2D eigenvalue weighted by Crippen LogP contribution is -1.86. The van der Waals surface area contributed by atoms with Crippen molar-refractivity contribution < 1.29 is 14.2 Å². The van der Waals surface area contributed by atoms with Crippen LogP contribution in [0.3, 0.4) is 0 Å². The van der Waals surface area contributed by atoms with E-state index >= 15 is 0 Å². The van der Waals surface area contributed by atoms with E-state index in [-0.39, 0.29) is 12.4 Å². The largest absolute Gasteiger partial charge is 0.430 e. The van der Waals surface area contributed by atoms with Crippen LogP contribution in [-0.4, -0.2) is 15.3 Å². The first-order chi connectivity index (χ1) is 7.69. The second-order valence-corrected chi connectivity index (χ2v) is 4.16. The zero-order valence-electron chi connectivity index (χ0n) is 8.48. The van der Waals surface area contributed by atoms with Crippen molar-refractivity contribution in [2.24, 2.45) is 0 Å². The third-order valence-electron chi connectivity index (χ3n) is 1.92. The Morgan fingerprint density at radius 2 is 2.25 bits per heavy atom. The van der Waals surface area contributed by atoms with Crippen molar-refractivity contribution in [3.63, 3.8) is 0 Å². The molecular weight excluding hydrogens is 231 g/mol. The average molecular weight is 240 g/mol. The number of nitrogens with zero attached hydrogens (tertiary/aromatic N) is 2. The molecule has 84 valence electrons. The number of halogens is 1. The zero-order chi connectivity index (χ0) is 11.5. The molecule has 0 aliphatic rings. The van der Waals surface area contributed by atoms with E-state index < -0.39 is 0 Å². The summed E-state index contributed by atoms with van der Waals surface area (Å²) in [7, 11) is 0. The van der Waals surface area contributed by atoms with E-state index in [9.17, 15) is 4.39 Å². The van der Waals surface area contributed by atoms with Gasteiger partial charge in [0.05, 0.1) is 6.61 Å². The van der Waals surface area contributed by atoms with Crippen molar-refractivity contribution in [3.05, 3.63) is 34.6 Å². The summed E-state index contributed by atoms with van der Waals surface area (Å²) in [4.78, 5) is 0. The van der Waals surface area contributed by atoms with Gasteiger partial charge in [-0.1, -0.05) is 16.4 Å². The van der Waals surface area contributed by atoms with Gasteiger partial charge in [0, 0.05) is 0 Å². The Kier molecular flexibility index (Phi) is 3.12. The molecule has 16 heavy (non-hydrogen) atoms. The van der Waals surface area contributed by atoms with Gasteiger partial charge in [0.25, 0.3) is 5.19 Å². The smallest absolute Gasteiger partial charge is 0.299 e. The Balaban J connectivity index is 2.17. The number of rotatable bonds is 3. The lowest BCUT2D eigenvalue weighted by atomic mass is 10.2. The van der Waals surface area contributed by atoms with Crippen LogP contribution in [0.1, 0.15) is 10.6 Å². The van der Waals surface area contributed by atoms with Gasteiger partial charge in [-0.05, 0) is 30.7 Å². The molecule has 0 saturated heterocycles. The van der Waals surface area contributed by atoms with E-state index in [0.717, 1.165) is 11.3 Å². The van der Waals surface area contributed by atoms with Crippen LogP contribution in [0.15, 0.2) is 18.2 Å². The van der Waals surface area contributed by atoms with Crippen molar-refractivity contribution in [2.75, 3.05) is 0 Å². The molecule has 0 bridgehead atoms. The lowest BCUT2D eigenvalue weighted by Gasteiger charge is -2.02. The Bertz CT molecular complexity index is 501. The summed E-state index contributed by atoms with van der Waals surface area (Å²) in [5, 5.41) is 17.0. The van der Waals surface area contributed by atoms with E-state index in [1.807, 2.05) is 0 Å². The van der Waals surface area contributed by atoms with Crippen molar-refractivity contribution in [1.29, 1.82) is 0 Å². The first-order valence-electron chi connectivity index (χ1n) is 4.56. The third-order valence-corrected chi connectivity index (χ3v) is 2.70. The fraction of sp³-hybridized carbons (Fsp3) is 0.200. The maximum atomic E-state index is 13.0. The minimum atomic E-state index is -0.277. The van der Waals surface area contributed by atoms with Crippen LogP contribution in [0.25, 0.3) is 0 Å². The summed E-state index contributed by atoms with van der Waals surface area (Å²) in [6.45, 7) is 1.49. The van der Waals surface area contributed by atoms with Gasteiger partial charge >= 0.3 is 0 Å². The van der Waals surface area contributed by atoms with Gasteiger partial charge in [0.15, 0.2) is 0 Å². The Morgan fingerprint density at radius 3 is 2.88 bits per heavy atom. The molecule has 0 atom stereocenters. The number of benzene rings is 1. The highest BCUT2D eigenvalue weighted by atomic mass is 32.1. The molecule has 0 spiro atoms. The summed E-state index contributed by atoms with van der Waals surface area (Å²) in [6, 6.07) is 4.43. The minimum absolute atomic E-state index is 0.163. The standard InChI is InChI=1S/C10H9FN2O2S/c1-6-4-7(2-3-8(6)11)15-10-13-12-9(5-14)16-10/h2-4,14H,5H2,1H3. The van der Waals surface area contributed by atoms with Crippen molar-refractivity contribution in [1.82, 2.24) is 10.2 Å². The van der Waals surface area contributed by atoms with Crippen LogP contribution < -0.4 is 4.74 Å². The highest BCUT2D eigenvalue weighted by Gasteiger charge is 2.06. The van der Waals surface area contributed by atoms with Crippen molar-refractivity contribution >= 4 is 11.3 Å². The Hall–Kier alpha value is -1.53. The molecule has 1 N–H and O–H groups in total. The fourth-order valence-corrected chi connectivity index (χ4v) is 1.69. The topological polar surface area (TPSA) is 55.2 Å². The number of aliphatic hydroxyl groups is 1. The molecule has 1 aromatic carbocycles. The third kappa shape index (κ3) is 2.34. The van der Waals surface area contributed by atoms with Gasteiger partial charge in [0.1, 0.15) is 16.6 Å². The molecule has 1 aromatic heterocycles. The molecule has 6 heteroatoms. The lowest BCUT2D eigenvalue weighted by molar-refractivity contribution is 0.280. The first-order valence-corrected chi connectivity index (χ1v) is 5.38. The predicted molar refractivity (Wildman–Crippen MR) is 57.0 cm³/mol. The van der Waals surface area contributed by atoms with Crippen LogP contribution in [0.4, 0.5) is 4.39 Å². The molecule has 0 amide bonds. The Labute approximate surface area is 95.3 Å². The minimum Gasteiger partial charge on any atom is -0.430 e. The molecule has 1 heterocycles. The second-order valence-electron chi connectivity index (χ2n) is 3.13. The van der Waals surface area contributed by atoms with Crippen LogP contribution >= 0.6 is 11.3 Å². The van der Waals surface area contributed by atoms with E-state index in [1.165, 1.54) is 12.1 Å². The summed E-state index contributed by atoms with van der Waals surface area (Å²) < 4.78 is 18.3. The maximum absolute atomic E-state index is 13.0. The first kappa shape index (κ1) is 11.0.